The molecule has 0 amide bonds. The molecule has 0 atom stereocenters. The minimum Gasteiger partial charge on any atom is -0.484 e. The van der Waals surface area contributed by atoms with Gasteiger partial charge in [-0.2, -0.15) is 0 Å². The van der Waals surface area contributed by atoms with Crippen molar-refractivity contribution in [1.29, 1.82) is 0 Å². The molecule has 1 heterocycles. The summed E-state index contributed by atoms with van der Waals surface area (Å²) in [5, 5.41) is 12.6. The Kier molecular flexibility index (Phi) is 5.16. The van der Waals surface area contributed by atoms with Crippen LogP contribution >= 0.6 is 11.6 Å². The Morgan fingerprint density at radius 1 is 1.41 bits per heavy atom. The van der Waals surface area contributed by atoms with Crippen LogP contribution in [-0.4, -0.2) is 27.1 Å². The average molecular weight is 322 g/mol. The molecule has 0 fully saturated rings. The number of carboxylic acids is 1. The fraction of sp³-hybridized carbons (Fsp3) is 0.267. The second-order valence-corrected chi connectivity index (χ2v) is 5.28. The number of anilines is 1. The topological polar surface area (TPSA) is 84.3 Å². The number of nitrogens with one attached hydrogen (secondary N) is 1. The average Bonchev–Trinajstić information content (AvgIpc) is 2.45. The van der Waals surface area contributed by atoms with E-state index in [9.17, 15) is 4.79 Å². The monoisotopic (exact) mass is 321 g/mol. The molecule has 7 heteroatoms. The molecule has 0 radical (unpaired) electrons. The number of ether oxygens (including phenoxy) is 1. The van der Waals surface area contributed by atoms with E-state index in [1.54, 1.807) is 24.3 Å². The van der Waals surface area contributed by atoms with E-state index in [1.807, 2.05) is 13.8 Å². The minimum absolute atomic E-state index is 0.0233. The number of carbonyl (C=O) groups is 1. The smallest absolute Gasteiger partial charge is 0.341 e. The Morgan fingerprint density at radius 2 is 2.14 bits per heavy atom. The highest BCUT2D eigenvalue weighted by Gasteiger charge is 2.14. The van der Waals surface area contributed by atoms with Gasteiger partial charge in [0.1, 0.15) is 23.7 Å². The van der Waals surface area contributed by atoms with E-state index in [2.05, 4.69) is 15.3 Å². The molecular formula is C15H16ClN3O3. The second kappa shape index (κ2) is 7.09. The van der Waals surface area contributed by atoms with E-state index in [4.69, 9.17) is 21.4 Å². The van der Waals surface area contributed by atoms with Gasteiger partial charge in [0, 0.05) is 12.2 Å². The number of benzene rings is 1. The Labute approximate surface area is 133 Å². The highest BCUT2D eigenvalue weighted by Crippen LogP contribution is 2.24. The van der Waals surface area contributed by atoms with Gasteiger partial charge in [0.15, 0.2) is 5.82 Å². The van der Waals surface area contributed by atoms with E-state index >= 15 is 0 Å². The molecule has 6 nitrogen and oxygen atoms in total. The van der Waals surface area contributed by atoms with Crippen LogP contribution in [0.2, 0.25) is 5.02 Å². The van der Waals surface area contributed by atoms with Crippen LogP contribution in [0.5, 0.6) is 5.75 Å². The maximum absolute atomic E-state index is 11.2. The number of nitrogens with zero attached hydrogens (tertiary/aromatic N) is 2. The Bertz CT molecular complexity index is 677. The normalized spacial score (nSPS) is 10.5. The highest BCUT2D eigenvalue weighted by atomic mass is 35.5. The lowest BCUT2D eigenvalue weighted by atomic mass is 10.3. The molecule has 116 valence electrons. The first kappa shape index (κ1) is 16.0. The SMILES string of the molecule is CC(C)Nc1nc(COc2ccccc2Cl)ncc1C(=O)O. The van der Waals surface area contributed by atoms with Gasteiger partial charge < -0.3 is 15.2 Å². The first-order valence-corrected chi connectivity index (χ1v) is 7.08. The van der Waals surface area contributed by atoms with Gasteiger partial charge in [0.25, 0.3) is 0 Å². The summed E-state index contributed by atoms with van der Waals surface area (Å²) in [4.78, 5) is 19.4. The van der Waals surface area contributed by atoms with Crippen molar-refractivity contribution in [3.8, 4) is 5.75 Å². The number of aromatic carboxylic acids is 1. The predicted molar refractivity (Wildman–Crippen MR) is 83.5 cm³/mol. The zero-order chi connectivity index (χ0) is 16.1. The van der Waals surface area contributed by atoms with E-state index in [0.29, 0.717) is 16.6 Å². The molecule has 1 aromatic heterocycles. The van der Waals surface area contributed by atoms with Gasteiger partial charge in [-0.15, -0.1) is 0 Å². The molecule has 1 aromatic carbocycles. The highest BCUT2D eigenvalue weighted by molar-refractivity contribution is 6.32. The maximum Gasteiger partial charge on any atom is 0.341 e. The van der Waals surface area contributed by atoms with Gasteiger partial charge in [-0.3, -0.25) is 0 Å². The van der Waals surface area contributed by atoms with Crippen LogP contribution in [0.1, 0.15) is 30.0 Å². The third kappa shape index (κ3) is 4.08. The van der Waals surface area contributed by atoms with E-state index in [1.165, 1.54) is 6.20 Å². The molecule has 2 N–H and O–H groups in total. The first-order valence-electron chi connectivity index (χ1n) is 6.70. The summed E-state index contributed by atoms with van der Waals surface area (Å²) >= 11 is 6.00. The largest absolute Gasteiger partial charge is 0.484 e. The summed E-state index contributed by atoms with van der Waals surface area (Å²) in [6, 6.07) is 7.11. The fourth-order valence-corrected chi connectivity index (χ4v) is 1.92. The fourth-order valence-electron chi connectivity index (χ4n) is 1.73. The summed E-state index contributed by atoms with van der Waals surface area (Å²) in [6.07, 6.45) is 1.27. The van der Waals surface area contributed by atoms with Gasteiger partial charge in [-0.25, -0.2) is 14.8 Å². The van der Waals surface area contributed by atoms with Crippen LogP contribution in [0.3, 0.4) is 0 Å². The van der Waals surface area contributed by atoms with Gasteiger partial charge in [-0.05, 0) is 26.0 Å². The Morgan fingerprint density at radius 3 is 2.77 bits per heavy atom. The Hall–Kier alpha value is -2.34. The third-order valence-corrected chi connectivity index (χ3v) is 3.00. The van der Waals surface area contributed by atoms with E-state index in [0.717, 1.165) is 0 Å². The summed E-state index contributed by atoms with van der Waals surface area (Å²) in [5.74, 6) is 0.0819. The lowest BCUT2D eigenvalue weighted by Gasteiger charge is -2.13. The minimum atomic E-state index is -1.08. The lowest BCUT2D eigenvalue weighted by molar-refractivity contribution is 0.0697. The van der Waals surface area contributed by atoms with Gasteiger partial charge in [0.2, 0.25) is 0 Å². The van der Waals surface area contributed by atoms with Crippen LogP contribution in [-0.2, 0) is 6.61 Å². The Balaban J connectivity index is 2.18. The summed E-state index contributed by atoms with van der Waals surface area (Å²) in [5.41, 5.74) is 0.0233. The molecule has 0 spiro atoms. The second-order valence-electron chi connectivity index (χ2n) is 4.87. The quantitative estimate of drug-likeness (QED) is 0.849. The molecule has 0 aliphatic heterocycles. The zero-order valence-electron chi connectivity index (χ0n) is 12.2. The van der Waals surface area contributed by atoms with Crippen LogP contribution < -0.4 is 10.1 Å². The number of hydrogen-bond acceptors (Lipinski definition) is 5. The molecule has 0 aliphatic rings. The van der Waals surface area contributed by atoms with Crippen LogP contribution in [0.25, 0.3) is 0 Å². The molecule has 0 bridgehead atoms. The molecular weight excluding hydrogens is 306 g/mol. The van der Waals surface area contributed by atoms with Crippen molar-refractivity contribution < 1.29 is 14.6 Å². The van der Waals surface area contributed by atoms with Crippen molar-refractivity contribution in [2.45, 2.75) is 26.5 Å². The van der Waals surface area contributed by atoms with Gasteiger partial charge in [-0.1, -0.05) is 23.7 Å². The number of rotatable bonds is 6. The standard InChI is InChI=1S/C15H16ClN3O3/c1-9(2)18-14-10(15(20)21)7-17-13(19-14)8-22-12-6-4-3-5-11(12)16/h3-7,9H,8H2,1-2H3,(H,20,21)(H,17,18,19). The zero-order valence-corrected chi connectivity index (χ0v) is 13.0. The van der Waals surface area contributed by atoms with Gasteiger partial charge in [0.05, 0.1) is 5.02 Å². The molecule has 2 aromatic rings. The summed E-state index contributed by atoms with van der Waals surface area (Å²) in [6.45, 7) is 3.89. The third-order valence-electron chi connectivity index (χ3n) is 2.69. The number of halogens is 1. The van der Waals surface area contributed by atoms with Crippen molar-refractivity contribution in [1.82, 2.24) is 9.97 Å². The van der Waals surface area contributed by atoms with Crippen molar-refractivity contribution >= 4 is 23.4 Å². The van der Waals surface area contributed by atoms with Crippen LogP contribution in [0, 0.1) is 0 Å². The van der Waals surface area contributed by atoms with E-state index < -0.39 is 5.97 Å². The van der Waals surface area contributed by atoms with Crippen LogP contribution in [0.4, 0.5) is 5.82 Å². The maximum atomic E-state index is 11.2. The number of hydrogen-bond donors (Lipinski definition) is 2. The molecule has 22 heavy (non-hydrogen) atoms. The first-order chi connectivity index (χ1) is 10.5. The summed E-state index contributed by atoms with van der Waals surface area (Å²) < 4.78 is 5.55. The molecule has 0 saturated carbocycles. The van der Waals surface area contributed by atoms with Crippen molar-refractivity contribution in [3.05, 3.63) is 46.9 Å². The predicted octanol–water partition coefficient (Wildman–Crippen LogP) is 3.23. The van der Waals surface area contributed by atoms with Crippen molar-refractivity contribution in [3.63, 3.8) is 0 Å². The molecule has 2 rings (SSSR count). The van der Waals surface area contributed by atoms with E-state index in [-0.39, 0.29) is 24.0 Å². The van der Waals surface area contributed by atoms with Crippen molar-refractivity contribution in [2.75, 3.05) is 5.32 Å². The molecule has 0 aliphatic carbocycles. The number of aromatic nitrogens is 2. The van der Waals surface area contributed by atoms with Gasteiger partial charge >= 0.3 is 5.97 Å². The molecule has 0 unspecified atom stereocenters. The molecule has 0 saturated heterocycles. The number of para-hydroxylation sites is 1. The van der Waals surface area contributed by atoms with Crippen LogP contribution in [0.15, 0.2) is 30.5 Å². The summed E-state index contributed by atoms with van der Waals surface area (Å²) in [7, 11) is 0. The van der Waals surface area contributed by atoms with Crippen molar-refractivity contribution in [2.24, 2.45) is 0 Å². The number of carboxylic acid groups (broad SMARTS) is 1. The lowest BCUT2D eigenvalue weighted by Crippen LogP contribution is -2.17.